The Kier molecular flexibility index (Phi) is 5.03. The quantitative estimate of drug-likeness (QED) is 0.885. The zero-order valence-electron chi connectivity index (χ0n) is 10.5. The first-order valence-corrected chi connectivity index (χ1v) is 7.94. The molecule has 96 valence electrons. The Morgan fingerprint density at radius 1 is 1.65 bits per heavy atom. The lowest BCUT2D eigenvalue weighted by atomic mass is 10.1. The number of rotatable bonds is 5. The molecule has 0 radical (unpaired) electrons. The fourth-order valence-electron chi connectivity index (χ4n) is 2.22. The molecule has 1 N–H and O–H groups in total. The molecule has 4 heteroatoms. The number of ether oxygens (including phenoxy) is 1. The predicted molar refractivity (Wildman–Crippen MR) is 76.8 cm³/mol. The highest BCUT2D eigenvalue weighted by Gasteiger charge is 2.28. The summed E-state index contributed by atoms with van der Waals surface area (Å²) in [6, 6.07) is 2.61. The SMILES string of the molecule is CCCNC(c1cc(Br)c(C)s1)C1CCCO1. The Morgan fingerprint density at radius 2 is 2.47 bits per heavy atom. The summed E-state index contributed by atoms with van der Waals surface area (Å²) < 4.78 is 7.07. The van der Waals surface area contributed by atoms with Crippen molar-refractivity contribution < 1.29 is 4.74 Å². The van der Waals surface area contributed by atoms with E-state index in [1.54, 1.807) is 0 Å². The van der Waals surface area contributed by atoms with Crippen molar-refractivity contribution in [2.45, 2.75) is 45.3 Å². The maximum absolute atomic E-state index is 5.84. The molecule has 1 saturated heterocycles. The maximum Gasteiger partial charge on any atom is 0.0778 e. The van der Waals surface area contributed by atoms with Gasteiger partial charge in [-0.05, 0) is 54.7 Å². The number of thiophene rings is 1. The van der Waals surface area contributed by atoms with Crippen LogP contribution in [0.25, 0.3) is 0 Å². The van der Waals surface area contributed by atoms with Crippen LogP contribution in [0.5, 0.6) is 0 Å². The van der Waals surface area contributed by atoms with Crippen LogP contribution in [0.1, 0.15) is 42.0 Å². The van der Waals surface area contributed by atoms with Crippen LogP contribution in [0.4, 0.5) is 0 Å². The fraction of sp³-hybridized carbons (Fsp3) is 0.692. The van der Waals surface area contributed by atoms with Gasteiger partial charge in [-0.25, -0.2) is 0 Å². The van der Waals surface area contributed by atoms with Crippen LogP contribution in [0.2, 0.25) is 0 Å². The second kappa shape index (κ2) is 6.32. The maximum atomic E-state index is 5.84. The molecule has 1 aromatic heterocycles. The number of hydrogen-bond donors (Lipinski definition) is 1. The standard InChI is InChI=1S/C13H20BrNOS/c1-3-6-15-13(11-5-4-7-16-11)12-8-10(14)9(2)17-12/h8,11,13,15H,3-7H2,1-2H3. The van der Waals surface area contributed by atoms with Crippen LogP contribution in [0.3, 0.4) is 0 Å². The molecule has 2 heterocycles. The number of aryl methyl sites for hydroxylation is 1. The molecule has 0 amide bonds. The lowest BCUT2D eigenvalue weighted by Crippen LogP contribution is -2.31. The third-order valence-corrected chi connectivity index (χ3v) is 5.35. The van der Waals surface area contributed by atoms with E-state index in [0.29, 0.717) is 12.1 Å². The Bertz CT molecular complexity index is 341. The molecule has 2 atom stereocenters. The van der Waals surface area contributed by atoms with Gasteiger partial charge in [0, 0.05) is 20.8 Å². The highest BCUT2D eigenvalue weighted by Crippen LogP contribution is 2.35. The average molecular weight is 318 g/mol. The third kappa shape index (κ3) is 3.31. The summed E-state index contributed by atoms with van der Waals surface area (Å²) in [7, 11) is 0. The minimum Gasteiger partial charge on any atom is -0.376 e. The van der Waals surface area contributed by atoms with Crippen molar-refractivity contribution in [2.24, 2.45) is 0 Å². The smallest absolute Gasteiger partial charge is 0.0778 e. The van der Waals surface area contributed by atoms with Crippen LogP contribution in [-0.4, -0.2) is 19.3 Å². The van der Waals surface area contributed by atoms with Gasteiger partial charge in [0.1, 0.15) is 0 Å². The summed E-state index contributed by atoms with van der Waals surface area (Å²) in [5.74, 6) is 0. The average Bonchev–Trinajstić information content (AvgIpc) is 2.92. The van der Waals surface area contributed by atoms with E-state index in [4.69, 9.17) is 4.74 Å². The van der Waals surface area contributed by atoms with Gasteiger partial charge in [-0.2, -0.15) is 0 Å². The summed E-state index contributed by atoms with van der Waals surface area (Å²) >= 11 is 5.47. The Balaban J connectivity index is 2.13. The number of halogens is 1. The molecule has 1 aromatic rings. The molecular weight excluding hydrogens is 298 g/mol. The van der Waals surface area contributed by atoms with Crippen molar-refractivity contribution >= 4 is 27.3 Å². The van der Waals surface area contributed by atoms with Crippen LogP contribution in [0, 0.1) is 6.92 Å². The van der Waals surface area contributed by atoms with E-state index >= 15 is 0 Å². The molecule has 2 nitrogen and oxygen atoms in total. The van der Waals surface area contributed by atoms with Crippen LogP contribution in [0.15, 0.2) is 10.5 Å². The molecule has 0 bridgehead atoms. The van der Waals surface area contributed by atoms with E-state index in [-0.39, 0.29) is 0 Å². The first-order chi connectivity index (χ1) is 8.22. The van der Waals surface area contributed by atoms with Crippen LogP contribution >= 0.6 is 27.3 Å². The summed E-state index contributed by atoms with van der Waals surface area (Å²) in [6.45, 7) is 6.33. The molecular formula is C13H20BrNOS. The van der Waals surface area contributed by atoms with E-state index in [1.807, 2.05) is 11.3 Å². The third-order valence-electron chi connectivity index (χ3n) is 3.13. The minimum absolute atomic E-state index is 0.353. The van der Waals surface area contributed by atoms with Crippen molar-refractivity contribution in [2.75, 3.05) is 13.2 Å². The molecule has 1 aliphatic rings. The van der Waals surface area contributed by atoms with E-state index in [0.717, 1.165) is 19.6 Å². The van der Waals surface area contributed by atoms with E-state index in [1.165, 1.54) is 27.1 Å². The second-order valence-electron chi connectivity index (χ2n) is 4.54. The normalized spacial score (nSPS) is 21.9. The summed E-state index contributed by atoms with van der Waals surface area (Å²) in [6.07, 6.45) is 3.89. The molecule has 1 fully saturated rings. The first kappa shape index (κ1) is 13.5. The van der Waals surface area contributed by atoms with Gasteiger partial charge < -0.3 is 10.1 Å². The second-order valence-corrected chi connectivity index (χ2v) is 6.68. The van der Waals surface area contributed by atoms with Gasteiger partial charge in [0.05, 0.1) is 12.1 Å². The minimum atomic E-state index is 0.353. The lowest BCUT2D eigenvalue weighted by Gasteiger charge is -2.23. The highest BCUT2D eigenvalue weighted by atomic mass is 79.9. The fourth-order valence-corrected chi connectivity index (χ4v) is 3.91. The Morgan fingerprint density at radius 3 is 3.00 bits per heavy atom. The number of nitrogens with one attached hydrogen (secondary N) is 1. The van der Waals surface area contributed by atoms with Crippen molar-refractivity contribution in [3.8, 4) is 0 Å². The summed E-state index contributed by atoms with van der Waals surface area (Å²) in [5, 5.41) is 3.63. The lowest BCUT2D eigenvalue weighted by molar-refractivity contribution is 0.0793. The van der Waals surface area contributed by atoms with E-state index in [9.17, 15) is 0 Å². The zero-order valence-corrected chi connectivity index (χ0v) is 12.9. The number of hydrogen-bond acceptors (Lipinski definition) is 3. The van der Waals surface area contributed by atoms with Crippen molar-refractivity contribution in [1.82, 2.24) is 5.32 Å². The van der Waals surface area contributed by atoms with Gasteiger partial charge in [-0.3, -0.25) is 0 Å². The van der Waals surface area contributed by atoms with Crippen molar-refractivity contribution in [3.05, 3.63) is 20.3 Å². The van der Waals surface area contributed by atoms with E-state index in [2.05, 4.69) is 41.2 Å². The molecule has 0 saturated carbocycles. The molecule has 1 aliphatic heterocycles. The highest BCUT2D eigenvalue weighted by molar-refractivity contribution is 9.10. The molecule has 2 rings (SSSR count). The van der Waals surface area contributed by atoms with Crippen LogP contribution < -0.4 is 5.32 Å². The summed E-state index contributed by atoms with van der Waals surface area (Å²) in [5.41, 5.74) is 0. The van der Waals surface area contributed by atoms with Gasteiger partial charge in [0.25, 0.3) is 0 Å². The van der Waals surface area contributed by atoms with E-state index < -0.39 is 0 Å². The monoisotopic (exact) mass is 317 g/mol. The van der Waals surface area contributed by atoms with Gasteiger partial charge >= 0.3 is 0 Å². The molecule has 0 aromatic carbocycles. The van der Waals surface area contributed by atoms with Gasteiger partial charge in [-0.15, -0.1) is 11.3 Å². The Hall–Kier alpha value is 0.1000. The van der Waals surface area contributed by atoms with Crippen LogP contribution in [-0.2, 0) is 4.74 Å². The Labute approximate surface area is 116 Å². The molecule has 0 spiro atoms. The molecule has 0 aliphatic carbocycles. The van der Waals surface area contributed by atoms with Gasteiger partial charge in [0.2, 0.25) is 0 Å². The first-order valence-electron chi connectivity index (χ1n) is 6.33. The summed E-state index contributed by atoms with van der Waals surface area (Å²) in [4.78, 5) is 2.75. The topological polar surface area (TPSA) is 21.3 Å². The van der Waals surface area contributed by atoms with Crippen molar-refractivity contribution in [1.29, 1.82) is 0 Å². The van der Waals surface area contributed by atoms with Gasteiger partial charge in [0.15, 0.2) is 0 Å². The molecule has 17 heavy (non-hydrogen) atoms. The largest absolute Gasteiger partial charge is 0.376 e. The molecule has 2 unspecified atom stereocenters. The van der Waals surface area contributed by atoms with Crippen molar-refractivity contribution in [3.63, 3.8) is 0 Å². The predicted octanol–water partition coefficient (Wildman–Crippen LogP) is 4.04. The van der Waals surface area contributed by atoms with Gasteiger partial charge in [-0.1, -0.05) is 6.92 Å². The zero-order chi connectivity index (χ0) is 12.3.